The number of rotatable bonds is 5. The van der Waals surface area contributed by atoms with Gasteiger partial charge in [0.15, 0.2) is 11.5 Å². The summed E-state index contributed by atoms with van der Waals surface area (Å²) in [6.07, 6.45) is 2.86. The maximum absolute atomic E-state index is 13.0. The van der Waals surface area contributed by atoms with Gasteiger partial charge in [-0.15, -0.1) is 10.2 Å². The fourth-order valence-electron chi connectivity index (χ4n) is 2.90. The normalized spacial score (nSPS) is 11.1. The molecule has 0 fully saturated rings. The van der Waals surface area contributed by atoms with Crippen LogP contribution in [0.15, 0.2) is 54.9 Å². The predicted octanol–water partition coefficient (Wildman–Crippen LogP) is 4.61. The average molecular weight is 430 g/mol. The smallest absolute Gasteiger partial charge is 0.387 e. The summed E-state index contributed by atoms with van der Waals surface area (Å²) < 4.78 is 30.6. The van der Waals surface area contributed by atoms with Gasteiger partial charge >= 0.3 is 6.61 Å². The molecule has 0 saturated heterocycles. The van der Waals surface area contributed by atoms with E-state index in [0.29, 0.717) is 27.7 Å². The number of hydrogen-bond acceptors (Lipinski definition) is 5. The highest BCUT2D eigenvalue weighted by atomic mass is 35.5. The minimum absolute atomic E-state index is 0.0126. The molecule has 30 heavy (non-hydrogen) atoms. The number of aryl methyl sites for hydroxylation is 1. The first kappa shape index (κ1) is 19.7. The zero-order chi connectivity index (χ0) is 21.3. The van der Waals surface area contributed by atoms with Gasteiger partial charge in [0.1, 0.15) is 11.4 Å². The van der Waals surface area contributed by atoms with Crippen LogP contribution >= 0.6 is 11.6 Å². The van der Waals surface area contributed by atoms with Crippen LogP contribution in [0.3, 0.4) is 0 Å². The predicted molar refractivity (Wildman–Crippen MR) is 107 cm³/mol. The molecule has 0 aliphatic carbocycles. The van der Waals surface area contributed by atoms with Crippen LogP contribution < -0.4 is 10.1 Å². The highest BCUT2D eigenvalue weighted by Crippen LogP contribution is 2.25. The number of fused-ring (bicyclic) bond motifs is 1. The Morgan fingerprint density at radius 3 is 2.63 bits per heavy atom. The molecular weight excluding hydrogens is 416 g/mol. The van der Waals surface area contributed by atoms with Crippen LogP contribution in [0.25, 0.3) is 17.0 Å². The van der Waals surface area contributed by atoms with E-state index in [1.54, 1.807) is 30.3 Å². The van der Waals surface area contributed by atoms with Gasteiger partial charge in [-0.1, -0.05) is 17.7 Å². The van der Waals surface area contributed by atoms with Crippen molar-refractivity contribution in [3.05, 3.63) is 71.1 Å². The topological polar surface area (TPSA) is 81.4 Å². The standard InChI is InChI=1S/C20H14ClF2N5O2/c1-11-2-5-13(21)8-15(11)25-19(29)16-9-24-10-17-26-27-18(28(16)17)12-3-6-14(7-4-12)30-20(22)23/h2-10,20H,1H3,(H,25,29). The molecule has 1 N–H and O–H groups in total. The van der Waals surface area contributed by atoms with E-state index in [0.717, 1.165) is 5.56 Å². The second-order valence-corrected chi connectivity index (χ2v) is 6.76. The summed E-state index contributed by atoms with van der Waals surface area (Å²) in [5, 5.41) is 11.5. The third-order valence-corrected chi connectivity index (χ3v) is 4.57. The molecular formula is C20H14ClF2N5O2. The Balaban J connectivity index is 1.72. The Kier molecular flexibility index (Phi) is 5.28. The van der Waals surface area contributed by atoms with E-state index in [2.05, 4.69) is 25.2 Å². The van der Waals surface area contributed by atoms with Crippen LogP contribution in [0, 0.1) is 6.92 Å². The van der Waals surface area contributed by atoms with Crippen molar-refractivity contribution in [3.8, 4) is 17.1 Å². The zero-order valence-corrected chi connectivity index (χ0v) is 16.3. The summed E-state index contributed by atoms with van der Waals surface area (Å²) in [5.74, 6) is -0.0697. The van der Waals surface area contributed by atoms with E-state index in [9.17, 15) is 13.6 Å². The monoisotopic (exact) mass is 429 g/mol. The van der Waals surface area contributed by atoms with Gasteiger partial charge in [0.05, 0.1) is 12.4 Å². The lowest BCUT2D eigenvalue weighted by molar-refractivity contribution is -0.0498. The number of nitrogens with zero attached hydrogens (tertiary/aromatic N) is 4. The fraction of sp³-hybridized carbons (Fsp3) is 0.100. The Hall–Kier alpha value is -3.59. The molecule has 0 aliphatic rings. The maximum atomic E-state index is 13.0. The van der Waals surface area contributed by atoms with Crippen LogP contribution in [0.2, 0.25) is 5.02 Å². The largest absolute Gasteiger partial charge is 0.435 e. The van der Waals surface area contributed by atoms with Crippen molar-refractivity contribution in [2.45, 2.75) is 13.5 Å². The molecule has 2 aromatic heterocycles. The molecule has 0 saturated carbocycles. The molecule has 0 spiro atoms. The SMILES string of the molecule is Cc1ccc(Cl)cc1NC(=O)c1cncc2nnc(-c3ccc(OC(F)F)cc3)n12. The molecule has 0 radical (unpaired) electrons. The van der Waals surface area contributed by atoms with Crippen LogP contribution in [0.1, 0.15) is 16.1 Å². The minimum atomic E-state index is -2.92. The molecule has 4 rings (SSSR count). The van der Waals surface area contributed by atoms with Gasteiger partial charge < -0.3 is 10.1 Å². The summed E-state index contributed by atoms with van der Waals surface area (Å²) in [6.45, 7) is -1.07. The number of amides is 1. The van der Waals surface area contributed by atoms with Crippen molar-refractivity contribution in [1.82, 2.24) is 19.6 Å². The molecule has 0 bridgehead atoms. The van der Waals surface area contributed by atoms with Crippen LogP contribution in [-0.2, 0) is 0 Å². The molecule has 0 aliphatic heterocycles. The van der Waals surface area contributed by atoms with Gasteiger partial charge in [0.25, 0.3) is 5.91 Å². The van der Waals surface area contributed by atoms with Crippen molar-refractivity contribution >= 4 is 28.8 Å². The van der Waals surface area contributed by atoms with Gasteiger partial charge in [-0.25, -0.2) is 0 Å². The van der Waals surface area contributed by atoms with E-state index in [1.807, 2.05) is 6.92 Å². The second kappa shape index (κ2) is 8.03. The van der Waals surface area contributed by atoms with Crippen LogP contribution in [0.4, 0.5) is 14.5 Å². The molecule has 2 aromatic carbocycles. The fourth-order valence-corrected chi connectivity index (χ4v) is 3.07. The number of ether oxygens (including phenoxy) is 1. The number of carbonyl (C=O) groups excluding carboxylic acids is 1. The average Bonchev–Trinajstić information content (AvgIpc) is 3.15. The van der Waals surface area contributed by atoms with Crippen molar-refractivity contribution in [1.29, 1.82) is 0 Å². The summed E-state index contributed by atoms with van der Waals surface area (Å²) in [6, 6.07) is 11.1. The number of benzene rings is 2. The van der Waals surface area contributed by atoms with Gasteiger partial charge in [-0.2, -0.15) is 8.78 Å². The van der Waals surface area contributed by atoms with Crippen LogP contribution in [0.5, 0.6) is 5.75 Å². The van der Waals surface area contributed by atoms with Gasteiger partial charge in [0, 0.05) is 16.3 Å². The maximum Gasteiger partial charge on any atom is 0.387 e. The lowest BCUT2D eigenvalue weighted by Crippen LogP contribution is -2.17. The Bertz CT molecular complexity index is 1230. The van der Waals surface area contributed by atoms with Crippen molar-refractivity contribution < 1.29 is 18.3 Å². The summed E-state index contributed by atoms with van der Waals surface area (Å²) in [5.41, 5.74) is 2.51. The van der Waals surface area contributed by atoms with E-state index in [-0.39, 0.29) is 11.4 Å². The van der Waals surface area contributed by atoms with Gasteiger partial charge in [0.2, 0.25) is 0 Å². The quantitative estimate of drug-likeness (QED) is 0.501. The third kappa shape index (κ3) is 3.92. The first-order valence-electron chi connectivity index (χ1n) is 8.74. The zero-order valence-electron chi connectivity index (χ0n) is 15.5. The number of halogens is 3. The molecule has 7 nitrogen and oxygen atoms in total. The number of aromatic nitrogens is 4. The number of hydrogen-bond donors (Lipinski definition) is 1. The highest BCUT2D eigenvalue weighted by molar-refractivity contribution is 6.31. The lowest BCUT2D eigenvalue weighted by atomic mass is 10.2. The van der Waals surface area contributed by atoms with Crippen molar-refractivity contribution in [2.75, 3.05) is 5.32 Å². The number of nitrogens with one attached hydrogen (secondary N) is 1. The van der Waals surface area contributed by atoms with E-state index >= 15 is 0 Å². The molecule has 4 aromatic rings. The Labute approximate surface area is 174 Å². The molecule has 0 atom stereocenters. The summed E-state index contributed by atoms with van der Waals surface area (Å²) in [7, 11) is 0. The van der Waals surface area contributed by atoms with E-state index in [4.69, 9.17) is 11.6 Å². The number of anilines is 1. The van der Waals surface area contributed by atoms with E-state index < -0.39 is 12.5 Å². The summed E-state index contributed by atoms with van der Waals surface area (Å²) >= 11 is 6.03. The van der Waals surface area contributed by atoms with Gasteiger partial charge in [-0.05, 0) is 48.9 Å². The molecule has 2 heterocycles. The second-order valence-electron chi connectivity index (χ2n) is 6.33. The minimum Gasteiger partial charge on any atom is -0.435 e. The first-order chi connectivity index (χ1) is 14.4. The molecule has 1 amide bonds. The highest BCUT2D eigenvalue weighted by Gasteiger charge is 2.18. The van der Waals surface area contributed by atoms with Crippen molar-refractivity contribution in [3.63, 3.8) is 0 Å². The molecule has 0 unspecified atom stereocenters. The first-order valence-corrected chi connectivity index (χ1v) is 9.12. The van der Waals surface area contributed by atoms with Crippen molar-refractivity contribution in [2.24, 2.45) is 0 Å². The van der Waals surface area contributed by atoms with Gasteiger partial charge in [-0.3, -0.25) is 14.2 Å². The Morgan fingerprint density at radius 2 is 1.90 bits per heavy atom. The molecule has 152 valence electrons. The van der Waals surface area contributed by atoms with Crippen LogP contribution in [-0.4, -0.2) is 32.1 Å². The lowest BCUT2D eigenvalue weighted by Gasteiger charge is -2.11. The number of alkyl halides is 2. The Morgan fingerprint density at radius 1 is 1.13 bits per heavy atom. The third-order valence-electron chi connectivity index (χ3n) is 4.33. The molecule has 10 heteroatoms. The summed E-state index contributed by atoms with van der Waals surface area (Å²) in [4.78, 5) is 17.0. The van der Waals surface area contributed by atoms with E-state index in [1.165, 1.54) is 28.9 Å². The number of carbonyl (C=O) groups is 1.